The topological polar surface area (TPSA) is 61.9 Å². The zero-order chi connectivity index (χ0) is 17.9. The van der Waals surface area contributed by atoms with Gasteiger partial charge in [-0.05, 0) is 50.2 Å². The van der Waals surface area contributed by atoms with Crippen molar-refractivity contribution >= 4 is 11.9 Å². The smallest absolute Gasteiger partial charge is 0.325 e. The van der Waals surface area contributed by atoms with Crippen LogP contribution in [0.3, 0.4) is 0 Å². The maximum Gasteiger partial charge on any atom is 0.325 e. The van der Waals surface area contributed by atoms with E-state index in [0.29, 0.717) is 13.1 Å². The van der Waals surface area contributed by atoms with E-state index in [9.17, 15) is 9.59 Å². The van der Waals surface area contributed by atoms with Gasteiger partial charge in [-0.1, -0.05) is 19.9 Å². The number of urea groups is 1. The van der Waals surface area contributed by atoms with Crippen LogP contribution in [0.25, 0.3) is 0 Å². The van der Waals surface area contributed by atoms with Gasteiger partial charge in [-0.2, -0.15) is 0 Å². The fraction of sp³-hybridized carbons (Fsp3) is 0.556. The molecule has 3 amide bonds. The number of aryl methyl sites for hydroxylation is 1. The van der Waals surface area contributed by atoms with Crippen LogP contribution in [-0.2, 0) is 10.3 Å². The van der Waals surface area contributed by atoms with Crippen molar-refractivity contribution in [3.05, 3.63) is 29.3 Å². The maximum atomic E-state index is 12.9. The molecule has 132 valence electrons. The van der Waals surface area contributed by atoms with E-state index in [1.54, 1.807) is 14.0 Å². The number of methoxy groups -OCH3 is 1. The molecule has 1 aromatic rings. The first kappa shape index (κ1) is 18.3. The minimum absolute atomic E-state index is 0.204. The molecule has 6 nitrogen and oxygen atoms in total. The van der Waals surface area contributed by atoms with Gasteiger partial charge in [0.2, 0.25) is 0 Å². The first-order valence-electron chi connectivity index (χ1n) is 8.38. The van der Waals surface area contributed by atoms with E-state index in [4.69, 9.17) is 4.74 Å². The molecule has 0 saturated carbocycles. The lowest BCUT2D eigenvalue weighted by Gasteiger charge is -2.24. The van der Waals surface area contributed by atoms with Gasteiger partial charge in [-0.25, -0.2) is 4.79 Å². The summed E-state index contributed by atoms with van der Waals surface area (Å²) in [6.45, 7) is 10.7. The molecule has 1 fully saturated rings. The molecule has 1 unspecified atom stereocenters. The first-order chi connectivity index (χ1) is 11.4. The number of hydrogen-bond donors (Lipinski definition) is 1. The van der Waals surface area contributed by atoms with Crippen molar-refractivity contribution in [3.8, 4) is 5.75 Å². The number of hydrogen-bond acceptors (Lipinski definition) is 4. The third-order valence-corrected chi connectivity index (χ3v) is 4.78. The molecular weight excluding hydrogens is 306 g/mol. The minimum Gasteiger partial charge on any atom is -0.496 e. The van der Waals surface area contributed by atoms with E-state index in [-0.39, 0.29) is 11.9 Å². The Balaban J connectivity index is 2.21. The highest BCUT2D eigenvalue weighted by atomic mass is 16.5. The average Bonchev–Trinajstić information content (AvgIpc) is 2.79. The van der Waals surface area contributed by atoms with Crippen LogP contribution in [0.15, 0.2) is 18.2 Å². The normalized spacial score (nSPS) is 20.7. The van der Waals surface area contributed by atoms with Crippen molar-refractivity contribution in [2.75, 3.05) is 33.3 Å². The summed E-state index contributed by atoms with van der Waals surface area (Å²) in [5.41, 5.74) is 0.668. The summed E-state index contributed by atoms with van der Waals surface area (Å²) in [7, 11) is 1.61. The van der Waals surface area contributed by atoms with Crippen LogP contribution in [-0.4, -0.2) is 55.0 Å². The fourth-order valence-electron chi connectivity index (χ4n) is 3.07. The second-order valence-corrected chi connectivity index (χ2v) is 6.22. The Kier molecular flexibility index (Phi) is 5.49. The van der Waals surface area contributed by atoms with Gasteiger partial charge >= 0.3 is 6.03 Å². The Morgan fingerprint density at radius 3 is 2.46 bits per heavy atom. The number of nitrogens with zero attached hydrogens (tertiary/aromatic N) is 2. The molecule has 2 rings (SSSR count). The van der Waals surface area contributed by atoms with E-state index >= 15 is 0 Å². The lowest BCUT2D eigenvalue weighted by atomic mass is 9.90. The van der Waals surface area contributed by atoms with Crippen molar-refractivity contribution in [3.63, 3.8) is 0 Å². The van der Waals surface area contributed by atoms with Crippen LogP contribution in [0.1, 0.15) is 31.9 Å². The van der Waals surface area contributed by atoms with Gasteiger partial charge in [0.15, 0.2) is 0 Å². The number of amides is 3. The highest BCUT2D eigenvalue weighted by Gasteiger charge is 2.48. The van der Waals surface area contributed by atoms with Gasteiger partial charge < -0.3 is 15.0 Å². The molecule has 0 bridgehead atoms. The maximum absolute atomic E-state index is 12.9. The Hall–Kier alpha value is -2.08. The molecule has 1 saturated heterocycles. The lowest BCUT2D eigenvalue weighted by molar-refractivity contribution is -0.131. The van der Waals surface area contributed by atoms with Crippen LogP contribution in [0.4, 0.5) is 4.79 Å². The summed E-state index contributed by atoms with van der Waals surface area (Å²) in [6.07, 6.45) is 0. The number of rotatable bonds is 7. The van der Waals surface area contributed by atoms with E-state index in [1.807, 2.05) is 25.1 Å². The van der Waals surface area contributed by atoms with Gasteiger partial charge in [0, 0.05) is 13.1 Å². The quantitative estimate of drug-likeness (QED) is 0.777. The molecule has 1 aliphatic heterocycles. The van der Waals surface area contributed by atoms with Crippen molar-refractivity contribution in [1.82, 2.24) is 15.1 Å². The average molecular weight is 333 g/mol. The summed E-state index contributed by atoms with van der Waals surface area (Å²) in [5.74, 6) is 0.557. The van der Waals surface area contributed by atoms with Crippen LogP contribution in [0.2, 0.25) is 0 Å². The molecule has 0 spiro atoms. The molecule has 1 aromatic carbocycles. The largest absolute Gasteiger partial charge is 0.496 e. The second-order valence-electron chi connectivity index (χ2n) is 6.22. The monoisotopic (exact) mass is 333 g/mol. The van der Waals surface area contributed by atoms with E-state index in [1.165, 1.54) is 4.90 Å². The van der Waals surface area contributed by atoms with Crippen molar-refractivity contribution in [2.24, 2.45) is 0 Å². The highest BCUT2D eigenvalue weighted by molar-refractivity contribution is 6.07. The number of nitrogens with one attached hydrogen (secondary N) is 1. The summed E-state index contributed by atoms with van der Waals surface area (Å²) in [6, 6.07) is 5.22. The van der Waals surface area contributed by atoms with Gasteiger partial charge in [0.1, 0.15) is 11.3 Å². The molecule has 1 heterocycles. The standard InChI is InChI=1S/C18H27N3O3/c1-6-20(7-2)10-11-21-16(22)18(4,19-17(21)23)14-8-9-15(24-5)13(3)12-14/h8-9,12H,6-7,10-11H2,1-5H3,(H,19,23). The van der Waals surface area contributed by atoms with E-state index in [2.05, 4.69) is 24.1 Å². The summed E-state index contributed by atoms with van der Waals surface area (Å²) in [5, 5.41) is 2.85. The summed E-state index contributed by atoms with van der Waals surface area (Å²) in [4.78, 5) is 28.7. The number of benzene rings is 1. The molecule has 1 atom stereocenters. The summed E-state index contributed by atoms with van der Waals surface area (Å²) >= 11 is 0. The second kappa shape index (κ2) is 7.21. The molecule has 6 heteroatoms. The fourth-order valence-corrected chi connectivity index (χ4v) is 3.07. The first-order valence-corrected chi connectivity index (χ1v) is 8.38. The number of imide groups is 1. The molecule has 0 aliphatic carbocycles. The van der Waals surface area contributed by atoms with Gasteiger partial charge in [-0.3, -0.25) is 9.69 Å². The van der Waals surface area contributed by atoms with Crippen molar-refractivity contribution in [2.45, 2.75) is 33.2 Å². The predicted molar refractivity (Wildman–Crippen MR) is 93.1 cm³/mol. The Labute approximate surface area is 143 Å². The number of likely N-dealkylation sites (N-methyl/N-ethyl adjacent to an activating group) is 1. The van der Waals surface area contributed by atoms with Crippen LogP contribution >= 0.6 is 0 Å². The minimum atomic E-state index is -1.03. The lowest BCUT2D eigenvalue weighted by Crippen LogP contribution is -2.42. The number of carbonyl (C=O) groups is 2. The van der Waals surface area contributed by atoms with Gasteiger partial charge in [-0.15, -0.1) is 0 Å². The molecule has 0 radical (unpaired) electrons. The number of carbonyl (C=O) groups excluding carboxylic acids is 2. The van der Waals surface area contributed by atoms with Crippen LogP contribution in [0, 0.1) is 6.92 Å². The zero-order valence-corrected chi connectivity index (χ0v) is 15.2. The Morgan fingerprint density at radius 2 is 1.92 bits per heavy atom. The van der Waals surface area contributed by atoms with Gasteiger partial charge in [0.05, 0.1) is 7.11 Å². The Morgan fingerprint density at radius 1 is 1.25 bits per heavy atom. The SMILES string of the molecule is CCN(CC)CCN1C(=O)NC(C)(c2ccc(OC)c(C)c2)C1=O. The van der Waals surface area contributed by atoms with Crippen LogP contribution < -0.4 is 10.1 Å². The van der Waals surface area contributed by atoms with E-state index < -0.39 is 5.54 Å². The Bertz CT molecular complexity index is 628. The molecule has 1 N–H and O–H groups in total. The molecule has 1 aliphatic rings. The van der Waals surface area contributed by atoms with Crippen LogP contribution in [0.5, 0.6) is 5.75 Å². The summed E-state index contributed by atoms with van der Waals surface area (Å²) < 4.78 is 5.27. The van der Waals surface area contributed by atoms with Crippen molar-refractivity contribution < 1.29 is 14.3 Å². The highest BCUT2D eigenvalue weighted by Crippen LogP contribution is 2.31. The molecular formula is C18H27N3O3. The molecule has 0 aromatic heterocycles. The third-order valence-electron chi connectivity index (χ3n) is 4.78. The van der Waals surface area contributed by atoms with E-state index in [0.717, 1.165) is 30.0 Å². The molecule has 24 heavy (non-hydrogen) atoms. The zero-order valence-electron chi connectivity index (χ0n) is 15.2. The van der Waals surface area contributed by atoms with Gasteiger partial charge in [0.25, 0.3) is 5.91 Å². The number of ether oxygens (including phenoxy) is 1. The van der Waals surface area contributed by atoms with Crippen molar-refractivity contribution in [1.29, 1.82) is 0 Å². The third kappa shape index (κ3) is 3.24. The predicted octanol–water partition coefficient (Wildman–Crippen LogP) is 2.11.